The number of carbonyl (C=O) groups is 1. The topological polar surface area (TPSA) is 51.7 Å². The lowest BCUT2D eigenvalue weighted by Gasteiger charge is -2.16. The van der Waals surface area contributed by atoms with Gasteiger partial charge in [0.05, 0.1) is 19.2 Å². The molecule has 0 radical (unpaired) electrons. The minimum Gasteiger partial charge on any atom is -0.477 e. The van der Waals surface area contributed by atoms with Crippen LogP contribution >= 0.6 is 0 Å². The molecule has 0 aliphatic heterocycles. The summed E-state index contributed by atoms with van der Waals surface area (Å²) >= 11 is 0. The van der Waals surface area contributed by atoms with E-state index >= 15 is 0 Å². The van der Waals surface area contributed by atoms with Crippen molar-refractivity contribution in [1.29, 1.82) is 0 Å². The quantitative estimate of drug-likeness (QED) is 0.529. The number of nitrogens with zero attached hydrogens (tertiary/aromatic N) is 2. The van der Waals surface area contributed by atoms with Gasteiger partial charge in [-0.25, -0.2) is 0 Å². The Balaban J connectivity index is 2.17. The van der Waals surface area contributed by atoms with Crippen LogP contribution in [-0.4, -0.2) is 42.8 Å². The Hall–Kier alpha value is -1.62. The standard InChI is InChI=1S/C12H18N2O3/c1-3-16-12(15)6-8-14(2)10-17-11-5-4-7-13-9-11/h4-5,7,9H,3,6,8,10H2,1-2H3. The third-order valence-electron chi connectivity index (χ3n) is 2.09. The van der Waals surface area contributed by atoms with Gasteiger partial charge in [0.15, 0.2) is 0 Å². The number of carbonyl (C=O) groups excluding carboxylic acids is 1. The van der Waals surface area contributed by atoms with E-state index in [4.69, 9.17) is 9.47 Å². The summed E-state index contributed by atoms with van der Waals surface area (Å²) in [6.45, 7) is 3.26. The van der Waals surface area contributed by atoms with Gasteiger partial charge in [0.1, 0.15) is 12.5 Å². The summed E-state index contributed by atoms with van der Waals surface area (Å²) in [5.41, 5.74) is 0. The van der Waals surface area contributed by atoms with Crippen molar-refractivity contribution in [2.45, 2.75) is 13.3 Å². The summed E-state index contributed by atoms with van der Waals surface area (Å²) in [5, 5.41) is 0. The van der Waals surface area contributed by atoms with Crippen LogP contribution in [0.25, 0.3) is 0 Å². The average molecular weight is 238 g/mol. The van der Waals surface area contributed by atoms with E-state index in [1.165, 1.54) is 0 Å². The van der Waals surface area contributed by atoms with Crippen molar-refractivity contribution < 1.29 is 14.3 Å². The highest BCUT2D eigenvalue weighted by Gasteiger charge is 2.05. The highest BCUT2D eigenvalue weighted by Crippen LogP contribution is 2.06. The van der Waals surface area contributed by atoms with E-state index < -0.39 is 0 Å². The molecule has 0 aliphatic carbocycles. The van der Waals surface area contributed by atoms with Gasteiger partial charge in [-0.15, -0.1) is 0 Å². The molecule has 0 bridgehead atoms. The van der Waals surface area contributed by atoms with Crippen LogP contribution in [0.1, 0.15) is 13.3 Å². The summed E-state index contributed by atoms with van der Waals surface area (Å²) < 4.78 is 10.3. The maximum Gasteiger partial charge on any atom is 0.307 e. The molecule has 0 atom stereocenters. The van der Waals surface area contributed by atoms with Crippen LogP contribution in [-0.2, 0) is 9.53 Å². The van der Waals surface area contributed by atoms with Crippen LogP contribution < -0.4 is 4.74 Å². The molecule has 0 fully saturated rings. The van der Waals surface area contributed by atoms with E-state index in [1.54, 1.807) is 19.3 Å². The Morgan fingerprint density at radius 2 is 2.35 bits per heavy atom. The zero-order valence-electron chi connectivity index (χ0n) is 10.3. The highest BCUT2D eigenvalue weighted by atomic mass is 16.5. The number of rotatable bonds is 7. The average Bonchev–Trinajstić information content (AvgIpc) is 2.35. The van der Waals surface area contributed by atoms with E-state index in [0.29, 0.717) is 26.3 Å². The summed E-state index contributed by atoms with van der Waals surface area (Å²) in [6, 6.07) is 3.65. The molecule has 1 aromatic rings. The molecule has 0 saturated heterocycles. The van der Waals surface area contributed by atoms with Crippen LogP contribution in [0.4, 0.5) is 0 Å². The number of hydrogen-bond donors (Lipinski definition) is 0. The van der Waals surface area contributed by atoms with Crippen LogP contribution in [0, 0.1) is 0 Å². The van der Waals surface area contributed by atoms with Crippen molar-refractivity contribution in [3.63, 3.8) is 0 Å². The van der Waals surface area contributed by atoms with Gasteiger partial charge in [-0.1, -0.05) is 0 Å². The molecule has 5 heteroatoms. The second kappa shape index (κ2) is 7.62. The Bertz CT molecular complexity index is 330. The molecule has 17 heavy (non-hydrogen) atoms. The number of hydrogen-bond acceptors (Lipinski definition) is 5. The molecular weight excluding hydrogens is 220 g/mol. The fourth-order valence-electron chi connectivity index (χ4n) is 1.20. The summed E-state index contributed by atoms with van der Waals surface area (Å²) in [4.78, 5) is 17.0. The number of esters is 1. The molecule has 94 valence electrons. The largest absolute Gasteiger partial charge is 0.477 e. The lowest BCUT2D eigenvalue weighted by Crippen LogP contribution is -2.26. The van der Waals surface area contributed by atoms with E-state index in [2.05, 4.69) is 4.98 Å². The fraction of sp³-hybridized carbons (Fsp3) is 0.500. The van der Waals surface area contributed by atoms with Gasteiger partial charge >= 0.3 is 5.97 Å². The Morgan fingerprint density at radius 3 is 3.00 bits per heavy atom. The molecule has 0 amide bonds. The first-order valence-electron chi connectivity index (χ1n) is 5.59. The SMILES string of the molecule is CCOC(=O)CCN(C)COc1cccnc1. The van der Waals surface area contributed by atoms with Gasteiger partial charge in [-0.05, 0) is 26.1 Å². The van der Waals surface area contributed by atoms with Gasteiger partial charge in [0.2, 0.25) is 0 Å². The first kappa shape index (κ1) is 13.4. The third kappa shape index (κ3) is 5.87. The first-order valence-corrected chi connectivity index (χ1v) is 5.59. The molecule has 0 aromatic carbocycles. The number of ether oxygens (including phenoxy) is 2. The van der Waals surface area contributed by atoms with Gasteiger partial charge in [0, 0.05) is 12.7 Å². The smallest absolute Gasteiger partial charge is 0.307 e. The van der Waals surface area contributed by atoms with Crippen LogP contribution in [0.15, 0.2) is 24.5 Å². The minimum absolute atomic E-state index is 0.180. The Kier molecular flexibility index (Phi) is 6.03. The van der Waals surface area contributed by atoms with Crippen molar-refractivity contribution in [3.05, 3.63) is 24.5 Å². The van der Waals surface area contributed by atoms with Crippen molar-refractivity contribution in [2.24, 2.45) is 0 Å². The van der Waals surface area contributed by atoms with E-state index in [-0.39, 0.29) is 5.97 Å². The van der Waals surface area contributed by atoms with Crippen molar-refractivity contribution in [3.8, 4) is 5.75 Å². The van der Waals surface area contributed by atoms with E-state index in [1.807, 2.05) is 24.1 Å². The van der Waals surface area contributed by atoms with E-state index in [9.17, 15) is 4.79 Å². The number of pyridine rings is 1. The molecule has 0 N–H and O–H groups in total. The van der Waals surface area contributed by atoms with Gasteiger partial charge in [-0.2, -0.15) is 0 Å². The van der Waals surface area contributed by atoms with E-state index in [0.717, 1.165) is 5.75 Å². The molecule has 0 unspecified atom stereocenters. The van der Waals surface area contributed by atoms with Gasteiger partial charge in [-0.3, -0.25) is 14.7 Å². The second-order valence-corrected chi connectivity index (χ2v) is 3.60. The monoisotopic (exact) mass is 238 g/mol. The maximum absolute atomic E-state index is 11.1. The molecule has 0 spiro atoms. The van der Waals surface area contributed by atoms with Crippen molar-refractivity contribution in [1.82, 2.24) is 9.88 Å². The van der Waals surface area contributed by atoms with Crippen molar-refractivity contribution >= 4 is 5.97 Å². The van der Waals surface area contributed by atoms with Crippen molar-refractivity contribution in [2.75, 3.05) is 26.9 Å². The summed E-state index contributed by atoms with van der Waals surface area (Å²) in [5.74, 6) is 0.538. The molecule has 1 heterocycles. The van der Waals surface area contributed by atoms with Crippen LogP contribution in [0.2, 0.25) is 0 Å². The van der Waals surface area contributed by atoms with Crippen LogP contribution in [0.5, 0.6) is 5.75 Å². The molecule has 1 aromatic heterocycles. The predicted molar refractivity (Wildman–Crippen MR) is 63.6 cm³/mol. The fourth-order valence-corrected chi connectivity index (χ4v) is 1.20. The normalized spacial score (nSPS) is 10.3. The molecule has 1 rings (SSSR count). The number of aromatic nitrogens is 1. The van der Waals surface area contributed by atoms with Gasteiger partial charge in [0.25, 0.3) is 0 Å². The van der Waals surface area contributed by atoms with Gasteiger partial charge < -0.3 is 9.47 Å². The maximum atomic E-state index is 11.1. The Morgan fingerprint density at radius 1 is 1.53 bits per heavy atom. The summed E-state index contributed by atoms with van der Waals surface area (Å²) in [7, 11) is 1.88. The highest BCUT2D eigenvalue weighted by molar-refractivity contribution is 5.69. The molecular formula is C12H18N2O3. The Labute approximate surface area is 101 Å². The first-order chi connectivity index (χ1) is 8.22. The summed E-state index contributed by atoms with van der Waals surface area (Å²) in [6.07, 6.45) is 3.72. The zero-order chi connectivity index (χ0) is 12.5. The predicted octanol–water partition coefficient (Wildman–Crippen LogP) is 1.30. The zero-order valence-corrected chi connectivity index (χ0v) is 10.3. The second-order valence-electron chi connectivity index (χ2n) is 3.60. The molecule has 5 nitrogen and oxygen atoms in total. The van der Waals surface area contributed by atoms with Crippen LogP contribution in [0.3, 0.4) is 0 Å². The third-order valence-corrected chi connectivity index (χ3v) is 2.09. The minimum atomic E-state index is -0.180. The molecule has 0 saturated carbocycles. The lowest BCUT2D eigenvalue weighted by molar-refractivity contribution is -0.143. The molecule has 0 aliphatic rings. The lowest BCUT2D eigenvalue weighted by atomic mass is 10.4.